The number of aromatic nitrogens is 1. The van der Waals surface area contributed by atoms with Gasteiger partial charge < -0.3 is 4.74 Å². The number of hydrogen-bond acceptors (Lipinski definition) is 2. The maximum Gasteiger partial charge on any atom is 0.417 e. The van der Waals surface area contributed by atoms with Gasteiger partial charge in [0.05, 0.1) is 5.56 Å². The third-order valence-corrected chi connectivity index (χ3v) is 2.95. The fourth-order valence-corrected chi connectivity index (χ4v) is 1.77. The highest BCUT2D eigenvalue weighted by Crippen LogP contribution is 2.34. The molecule has 1 aromatic heterocycles. The van der Waals surface area contributed by atoms with E-state index in [1.165, 1.54) is 0 Å². The first kappa shape index (κ1) is 14.7. The van der Waals surface area contributed by atoms with Gasteiger partial charge in [0.15, 0.2) is 0 Å². The van der Waals surface area contributed by atoms with Gasteiger partial charge in [0.1, 0.15) is 10.8 Å². The van der Waals surface area contributed by atoms with Crippen molar-refractivity contribution in [1.82, 2.24) is 4.98 Å². The van der Waals surface area contributed by atoms with E-state index in [4.69, 9.17) is 16.3 Å². The predicted octanol–water partition coefficient (Wildman–Crippen LogP) is 5.11. The van der Waals surface area contributed by atoms with Crippen LogP contribution in [-0.4, -0.2) is 4.98 Å². The standard InChI is InChI=1S/C14H11ClF3NO/c1-2-9-3-5-11(6-4-9)20-13-12(15)7-10(8-19-13)14(16,17)18/h3-8H,2H2,1H3. The van der Waals surface area contributed by atoms with Crippen LogP contribution in [0.5, 0.6) is 11.6 Å². The molecule has 0 bridgehead atoms. The minimum absolute atomic E-state index is 0.0519. The van der Waals surface area contributed by atoms with Crippen molar-refractivity contribution in [3.63, 3.8) is 0 Å². The predicted molar refractivity (Wildman–Crippen MR) is 70.1 cm³/mol. The van der Waals surface area contributed by atoms with E-state index in [1.807, 2.05) is 19.1 Å². The fourth-order valence-electron chi connectivity index (χ4n) is 1.56. The van der Waals surface area contributed by atoms with Crippen LogP contribution in [0.15, 0.2) is 36.5 Å². The van der Waals surface area contributed by atoms with Crippen molar-refractivity contribution >= 4 is 11.6 Å². The lowest BCUT2D eigenvalue weighted by molar-refractivity contribution is -0.137. The number of benzene rings is 1. The summed E-state index contributed by atoms with van der Waals surface area (Å²) >= 11 is 5.76. The Labute approximate surface area is 119 Å². The van der Waals surface area contributed by atoms with Crippen LogP contribution in [-0.2, 0) is 12.6 Å². The summed E-state index contributed by atoms with van der Waals surface area (Å²) in [7, 11) is 0. The molecule has 0 atom stereocenters. The molecule has 20 heavy (non-hydrogen) atoms. The molecule has 0 amide bonds. The monoisotopic (exact) mass is 301 g/mol. The summed E-state index contributed by atoms with van der Waals surface area (Å²) in [6.07, 6.45) is -2.89. The third kappa shape index (κ3) is 3.42. The number of halogens is 4. The normalized spacial score (nSPS) is 11.4. The van der Waals surface area contributed by atoms with Crippen LogP contribution in [0.4, 0.5) is 13.2 Å². The van der Waals surface area contributed by atoms with Crippen molar-refractivity contribution in [2.45, 2.75) is 19.5 Å². The topological polar surface area (TPSA) is 22.1 Å². The Kier molecular flexibility index (Phi) is 4.18. The van der Waals surface area contributed by atoms with Crippen molar-refractivity contribution in [3.05, 3.63) is 52.7 Å². The molecule has 0 spiro atoms. The molecule has 1 heterocycles. The SMILES string of the molecule is CCc1ccc(Oc2ncc(C(F)(F)F)cc2Cl)cc1. The van der Waals surface area contributed by atoms with Gasteiger partial charge in [-0.2, -0.15) is 13.2 Å². The molecule has 0 aliphatic rings. The van der Waals surface area contributed by atoms with Crippen molar-refractivity contribution < 1.29 is 17.9 Å². The molecule has 0 aliphatic heterocycles. The van der Waals surface area contributed by atoms with Gasteiger partial charge in [-0.3, -0.25) is 0 Å². The summed E-state index contributed by atoms with van der Waals surface area (Å²) in [5.41, 5.74) is 0.222. The molecule has 0 aliphatic carbocycles. The average molecular weight is 302 g/mol. The molecule has 0 fully saturated rings. The van der Waals surface area contributed by atoms with Crippen molar-refractivity contribution in [3.8, 4) is 11.6 Å². The van der Waals surface area contributed by atoms with Crippen molar-refractivity contribution in [2.75, 3.05) is 0 Å². The second kappa shape index (κ2) is 5.71. The lowest BCUT2D eigenvalue weighted by atomic mass is 10.2. The summed E-state index contributed by atoms with van der Waals surface area (Å²) < 4.78 is 42.8. The number of pyridine rings is 1. The molecule has 0 saturated carbocycles. The molecular weight excluding hydrogens is 291 g/mol. The summed E-state index contributed by atoms with van der Waals surface area (Å²) in [5.74, 6) is 0.417. The minimum Gasteiger partial charge on any atom is -0.438 e. The van der Waals surface area contributed by atoms with E-state index >= 15 is 0 Å². The fraction of sp³-hybridized carbons (Fsp3) is 0.214. The molecule has 0 saturated heterocycles. The second-order valence-corrected chi connectivity index (χ2v) is 4.52. The Bertz CT molecular complexity index is 596. The number of alkyl halides is 3. The lowest BCUT2D eigenvalue weighted by Gasteiger charge is -2.10. The minimum atomic E-state index is -4.47. The lowest BCUT2D eigenvalue weighted by Crippen LogP contribution is -2.05. The van der Waals surface area contributed by atoms with Crippen molar-refractivity contribution in [1.29, 1.82) is 0 Å². The molecule has 0 N–H and O–H groups in total. The van der Waals surface area contributed by atoms with Gasteiger partial charge in [0.2, 0.25) is 5.88 Å². The summed E-state index contributed by atoms with van der Waals surface area (Å²) in [6.45, 7) is 2.02. The zero-order chi connectivity index (χ0) is 14.8. The van der Waals surface area contributed by atoms with Crippen LogP contribution < -0.4 is 4.74 Å². The Balaban J connectivity index is 2.21. The zero-order valence-corrected chi connectivity index (χ0v) is 11.3. The van der Waals surface area contributed by atoms with E-state index in [-0.39, 0.29) is 10.9 Å². The molecule has 1 aromatic carbocycles. The zero-order valence-electron chi connectivity index (χ0n) is 10.5. The van der Waals surface area contributed by atoms with Gasteiger partial charge >= 0.3 is 6.18 Å². The van der Waals surface area contributed by atoms with E-state index < -0.39 is 11.7 Å². The highest BCUT2D eigenvalue weighted by molar-refractivity contribution is 6.31. The second-order valence-electron chi connectivity index (χ2n) is 4.11. The third-order valence-electron chi connectivity index (χ3n) is 2.68. The molecule has 2 rings (SSSR count). The Morgan fingerprint density at radius 1 is 1.20 bits per heavy atom. The first-order valence-electron chi connectivity index (χ1n) is 5.89. The van der Waals surface area contributed by atoms with E-state index in [2.05, 4.69) is 4.98 Å². The maximum absolute atomic E-state index is 12.5. The van der Waals surface area contributed by atoms with E-state index in [0.717, 1.165) is 18.1 Å². The number of rotatable bonds is 3. The summed E-state index contributed by atoms with van der Waals surface area (Å²) in [4.78, 5) is 3.61. The Hall–Kier alpha value is -1.75. The van der Waals surface area contributed by atoms with Gasteiger partial charge in [0, 0.05) is 6.20 Å². The number of hydrogen-bond donors (Lipinski definition) is 0. The molecule has 0 radical (unpaired) electrons. The van der Waals surface area contributed by atoms with E-state index in [1.54, 1.807) is 12.1 Å². The van der Waals surface area contributed by atoms with Crippen LogP contribution in [0.25, 0.3) is 0 Å². The number of ether oxygens (including phenoxy) is 1. The molecule has 2 nitrogen and oxygen atoms in total. The van der Waals surface area contributed by atoms with Crippen LogP contribution in [0.3, 0.4) is 0 Å². The van der Waals surface area contributed by atoms with E-state index in [9.17, 15) is 13.2 Å². The highest BCUT2D eigenvalue weighted by atomic mass is 35.5. The van der Waals surface area contributed by atoms with E-state index in [0.29, 0.717) is 11.9 Å². The van der Waals surface area contributed by atoms with Crippen LogP contribution in [0, 0.1) is 0 Å². The first-order valence-corrected chi connectivity index (χ1v) is 6.27. The van der Waals surface area contributed by atoms with Gasteiger partial charge in [0.25, 0.3) is 0 Å². The largest absolute Gasteiger partial charge is 0.438 e. The highest BCUT2D eigenvalue weighted by Gasteiger charge is 2.31. The molecule has 6 heteroatoms. The molecule has 0 unspecified atom stereocenters. The number of aryl methyl sites for hydroxylation is 1. The Morgan fingerprint density at radius 2 is 1.85 bits per heavy atom. The maximum atomic E-state index is 12.5. The van der Waals surface area contributed by atoms with Crippen molar-refractivity contribution in [2.24, 2.45) is 0 Å². The summed E-state index contributed by atoms with van der Waals surface area (Å²) in [5, 5.41) is -0.181. The van der Waals surface area contributed by atoms with Crippen LogP contribution >= 0.6 is 11.6 Å². The molecule has 2 aromatic rings. The molecular formula is C14H11ClF3NO. The van der Waals surface area contributed by atoms with Crippen LogP contribution in [0.2, 0.25) is 5.02 Å². The Morgan fingerprint density at radius 3 is 2.35 bits per heavy atom. The van der Waals surface area contributed by atoms with Crippen LogP contribution in [0.1, 0.15) is 18.1 Å². The van der Waals surface area contributed by atoms with Gasteiger partial charge in [-0.1, -0.05) is 30.7 Å². The van der Waals surface area contributed by atoms with Gasteiger partial charge in [-0.05, 0) is 30.2 Å². The van der Waals surface area contributed by atoms with Gasteiger partial charge in [-0.15, -0.1) is 0 Å². The first-order chi connectivity index (χ1) is 9.40. The quantitative estimate of drug-likeness (QED) is 0.786. The molecule has 106 valence electrons. The number of nitrogens with zero attached hydrogens (tertiary/aromatic N) is 1. The average Bonchev–Trinajstić information content (AvgIpc) is 2.41. The summed E-state index contributed by atoms with van der Waals surface area (Å²) in [6, 6.07) is 7.97. The van der Waals surface area contributed by atoms with Gasteiger partial charge in [-0.25, -0.2) is 4.98 Å². The smallest absolute Gasteiger partial charge is 0.417 e.